The first-order valence-electron chi connectivity index (χ1n) is 10.3. The number of hydrogen-bond acceptors (Lipinski definition) is 5. The van der Waals surface area contributed by atoms with E-state index in [-0.39, 0.29) is 35.4 Å². The Labute approximate surface area is 171 Å². The highest BCUT2D eigenvalue weighted by molar-refractivity contribution is 5.96. The van der Waals surface area contributed by atoms with E-state index >= 15 is 0 Å². The standard InChI is InChI=1S/C22H29N3O4/c1-21(2)11-13(12-22(3,4)24-21)23-18(27)16-9-10-17(26)25(16)19-14-7-5-6-8-15(14)20(28)29-19/h5-8,13,16,19,24H,9-12H2,1-4H3,(H,23,27)/t16-,19+/m1/s1. The number of hydrogen-bond donors (Lipinski definition) is 2. The van der Waals surface area contributed by atoms with Gasteiger partial charge in [-0.15, -0.1) is 0 Å². The number of carbonyl (C=O) groups is 3. The highest BCUT2D eigenvalue weighted by Crippen LogP contribution is 2.38. The first-order valence-corrected chi connectivity index (χ1v) is 10.3. The van der Waals surface area contributed by atoms with Crippen molar-refractivity contribution in [3.63, 3.8) is 0 Å². The van der Waals surface area contributed by atoms with E-state index in [1.807, 2.05) is 6.07 Å². The number of carbonyl (C=O) groups excluding carboxylic acids is 3. The Hall–Kier alpha value is -2.41. The second-order valence-corrected chi connectivity index (χ2v) is 9.71. The van der Waals surface area contributed by atoms with Crippen LogP contribution in [0.5, 0.6) is 0 Å². The van der Waals surface area contributed by atoms with E-state index in [9.17, 15) is 14.4 Å². The minimum Gasteiger partial charge on any atom is -0.433 e. The molecule has 7 heteroatoms. The highest BCUT2D eigenvalue weighted by Gasteiger charge is 2.47. The lowest BCUT2D eigenvalue weighted by Gasteiger charge is -2.47. The summed E-state index contributed by atoms with van der Waals surface area (Å²) < 4.78 is 5.50. The van der Waals surface area contributed by atoms with Gasteiger partial charge in [-0.3, -0.25) is 14.5 Å². The van der Waals surface area contributed by atoms with Crippen LogP contribution in [0.4, 0.5) is 0 Å². The Morgan fingerprint density at radius 2 is 1.79 bits per heavy atom. The van der Waals surface area contributed by atoms with Crippen molar-refractivity contribution in [2.45, 2.75) is 82.8 Å². The Balaban J connectivity index is 1.53. The van der Waals surface area contributed by atoms with Gasteiger partial charge < -0.3 is 15.4 Å². The smallest absolute Gasteiger partial charge is 0.340 e. The van der Waals surface area contributed by atoms with Gasteiger partial charge in [-0.2, -0.15) is 0 Å². The summed E-state index contributed by atoms with van der Waals surface area (Å²) in [7, 11) is 0. The second kappa shape index (κ2) is 6.83. The minimum absolute atomic E-state index is 0.0183. The quantitative estimate of drug-likeness (QED) is 0.762. The summed E-state index contributed by atoms with van der Waals surface area (Å²) in [4.78, 5) is 39.5. The lowest BCUT2D eigenvalue weighted by atomic mass is 9.79. The molecule has 0 aliphatic carbocycles. The van der Waals surface area contributed by atoms with Crippen molar-refractivity contribution in [2.24, 2.45) is 0 Å². The minimum atomic E-state index is -0.828. The summed E-state index contributed by atoms with van der Waals surface area (Å²) in [5.41, 5.74) is 0.920. The zero-order valence-electron chi connectivity index (χ0n) is 17.5. The molecule has 1 aromatic carbocycles. The van der Waals surface area contributed by atoms with Crippen LogP contribution >= 0.6 is 0 Å². The SMILES string of the molecule is CC1(C)CC(NC(=O)[C@H]2CCC(=O)N2[C@H]2OC(=O)c3ccccc32)CC(C)(C)N1. The number of fused-ring (bicyclic) bond motifs is 1. The van der Waals surface area contributed by atoms with E-state index in [1.165, 1.54) is 4.90 Å². The summed E-state index contributed by atoms with van der Waals surface area (Å²) >= 11 is 0. The Morgan fingerprint density at radius 3 is 2.48 bits per heavy atom. The molecule has 2 fully saturated rings. The number of benzene rings is 1. The first kappa shape index (κ1) is 19.9. The number of ether oxygens (including phenoxy) is 1. The van der Waals surface area contributed by atoms with Crippen molar-refractivity contribution in [1.29, 1.82) is 0 Å². The topological polar surface area (TPSA) is 87.7 Å². The van der Waals surface area contributed by atoms with Gasteiger partial charge in [0, 0.05) is 29.1 Å². The molecule has 1 aromatic rings. The van der Waals surface area contributed by atoms with Crippen molar-refractivity contribution >= 4 is 17.8 Å². The average Bonchev–Trinajstić information content (AvgIpc) is 3.12. The largest absolute Gasteiger partial charge is 0.433 e. The molecule has 0 bridgehead atoms. The highest BCUT2D eigenvalue weighted by atomic mass is 16.6. The number of nitrogens with zero attached hydrogens (tertiary/aromatic N) is 1. The van der Waals surface area contributed by atoms with E-state index < -0.39 is 18.2 Å². The number of nitrogens with one attached hydrogen (secondary N) is 2. The lowest BCUT2D eigenvalue weighted by molar-refractivity contribution is -0.146. The van der Waals surface area contributed by atoms with Crippen LogP contribution in [0.3, 0.4) is 0 Å². The second-order valence-electron chi connectivity index (χ2n) is 9.71. The van der Waals surface area contributed by atoms with Crippen LogP contribution in [-0.4, -0.2) is 45.8 Å². The Kier molecular flexibility index (Phi) is 4.69. The van der Waals surface area contributed by atoms with Gasteiger partial charge in [-0.05, 0) is 53.0 Å². The third-order valence-corrected chi connectivity index (χ3v) is 6.01. The maximum Gasteiger partial charge on any atom is 0.340 e. The van der Waals surface area contributed by atoms with Crippen LogP contribution in [0, 0.1) is 0 Å². The normalized spacial score (nSPS) is 28.2. The molecule has 0 aromatic heterocycles. The molecule has 0 unspecified atom stereocenters. The molecule has 156 valence electrons. The summed E-state index contributed by atoms with van der Waals surface area (Å²) in [6.07, 6.45) is 1.50. The molecule has 3 heterocycles. The van der Waals surface area contributed by atoms with Gasteiger partial charge in [0.15, 0.2) is 0 Å². The Bertz CT molecular complexity index is 847. The van der Waals surface area contributed by atoms with Crippen molar-refractivity contribution < 1.29 is 19.1 Å². The molecule has 7 nitrogen and oxygen atoms in total. The number of amides is 2. The van der Waals surface area contributed by atoms with Crippen molar-refractivity contribution in [1.82, 2.24) is 15.5 Å². The molecule has 29 heavy (non-hydrogen) atoms. The maximum absolute atomic E-state index is 13.2. The van der Waals surface area contributed by atoms with E-state index in [2.05, 4.69) is 38.3 Å². The number of rotatable bonds is 3. The van der Waals surface area contributed by atoms with Gasteiger partial charge in [-0.1, -0.05) is 18.2 Å². The number of likely N-dealkylation sites (tertiary alicyclic amines) is 1. The zero-order valence-corrected chi connectivity index (χ0v) is 17.5. The van der Waals surface area contributed by atoms with E-state index in [0.717, 1.165) is 12.8 Å². The maximum atomic E-state index is 13.2. The predicted molar refractivity (Wildman–Crippen MR) is 107 cm³/mol. The van der Waals surface area contributed by atoms with Crippen molar-refractivity contribution in [3.8, 4) is 0 Å². The monoisotopic (exact) mass is 399 g/mol. The van der Waals surface area contributed by atoms with Crippen LogP contribution in [0.2, 0.25) is 0 Å². The fourth-order valence-electron chi connectivity index (χ4n) is 5.31. The third kappa shape index (κ3) is 3.75. The number of piperidine rings is 1. The molecule has 2 amide bonds. The fraction of sp³-hybridized carbons (Fsp3) is 0.591. The average molecular weight is 399 g/mol. The van der Waals surface area contributed by atoms with Gasteiger partial charge in [0.1, 0.15) is 6.04 Å². The summed E-state index contributed by atoms with van der Waals surface area (Å²) in [6, 6.07) is 6.43. The van der Waals surface area contributed by atoms with Gasteiger partial charge in [0.2, 0.25) is 18.0 Å². The summed E-state index contributed by atoms with van der Waals surface area (Å²) in [5.74, 6) is -0.785. The molecular weight excluding hydrogens is 370 g/mol. The third-order valence-electron chi connectivity index (χ3n) is 6.01. The molecule has 3 aliphatic rings. The van der Waals surface area contributed by atoms with E-state index in [1.54, 1.807) is 18.2 Å². The van der Waals surface area contributed by atoms with Crippen LogP contribution < -0.4 is 10.6 Å². The van der Waals surface area contributed by atoms with Crippen LogP contribution in [0.25, 0.3) is 0 Å². The van der Waals surface area contributed by atoms with Gasteiger partial charge in [0.05, 0.1) is 5.56 Å². The summed E-state index contributed by atoms with van der Waals surface area (Å²) in [5, 5.41) is 6.78. The first-order chi connectivity index (χ1) is 13.6. The van der Waals surface area contributed by atoms with Crippen LogP contribution in [0.1, 0.15) is 75.5 Å². The van der Waals surface area contributed by atoms with Gasteiger partial charge >= 0.3 is 5.97 Å². The van der Waals surface area contributed by atoms with Gasteiger partial charge in [-0.25, -0.2) is 4.79 Å². The molecule has 2 saturated heterocycles. The van der Waals surface area contributed by atoms with Crippen molar-refractivity contribution in [2.75, 3.05) is 0 Å². The van der Waals surface area contributed by atoms with Crippen LogP contribution in [-0.2, 0) is 14.3 Å². The number of cyclic esters (lactones) is 1. The van der Waals surface area contributed by atoms with Gasteiger partial charge in [0.25, 0.3) is 0 Å². The molecule has 3 aliphatic heterocycles. The Morgan fingerprint density at radius 1 is 1.14 bits per heavy atom. The molecule has 4 rings (SSSR count). The lowest BCUT2D eigenvalue weighted by Crippen LogP contribution is -2.63. The number of esters is 1. The summed E-state index contributed by atoms with van der Waals surface area (Å²) in [6.45, 7) is 8.53. The molecule has 2 N–H and O–H groups in total. The van der Waals surface area contributed by atoms with Crippen LogP contribution in [0.15, 0.2) is 24.3 Å². The molecule has 0 saturated carbocycles. The molecule has 2 atom stereocenters. The van der Waals surface area contributed by atoms with E-state index in [4.69, 9.17) is 4.74 Å². The zero-order chi connectivity index (χ0) is 21.0. The van der Waals surface area contributed by atoms with E-state index in [0.29, 0.717) is 17.5 Å². The molecular formula is C22H29N3O4. The van der Waals surface area contributed by atoms with Crippen molar-refractivity contribution in [3.05, 3.63) is 35.4 Å². The molecule has 0 spiro atoms. The molecule has 0 radical (unpaired) electrons. The predicted octanol–water partition coefficient (Wildman–Crippen LogP) is 2.27. The fourth-order valence-corrected chi connectivity index (χ4v) is 5.31.